The van der Waals surface area contributed by atoms with Crippen molar-refractivity contribution in [3.63, 3.8) is 0 Å². The molecule has 0 fully saturated rings. The number of ether oxygens (including phenoxy) is 2. The van der Waals surface area contributed by atoms with Gasteiger partial charge in [-0.2, -0.15) is 0 Å². The van der Waals surface area contributed by atoms with Crippen LogP contribution in [0.2, 0.25) is 0 Å². The fraction of sp³-hybridized carbons (Fsp3) is 0.278. The number of fused-ring (bicyclic) bond motifs is 1. The summed E-state index contributed by atoms with van der Waals surface area (Å²) in [7, 11) is 3.24. The molecule has 120 valence electrons. The smallest absolute Gasteiger partial charge is 0.160 e. The first kappa shape index (κ1) is 15.4. The number of rotatable bonds is 5. The van der Waals surface area contributed by atoms with E-state index in [0.717, 1.165) is 28.3 Å². The highest BCUT2D eigenvalue weighted by atomic mass is 16.5. The molecule has 0 aliphatic rings. The Balaban J connectivity index is 2.03. The van der Waals surface area contributed by atoms with Crippen molar-refractivity contribution in [2.45, 2.75) is 20.0 Å². The molecule has 0 saturated carbocycles. The minimum Gasteiger partial charge on any atom is -0.493 e. The zero-order valence-electron chi connectivity index (χ0n) is 13.5. The fourth-order valence-corrected chi connectivity index (χ4v) is 2.86. The van der Waals surface area contributed by atoms with Crippen LogP contribution in [0.3, 0.4) is 0 Å². The lowest BCUT2D eigenvalue weighted by atomic mass is 10.1. The lowest BCUT2D eigenvalue weighted by Crippen LogP contribution is -2.00. The van der Waals surface area contributed by atoms with Gasteiger partial charge in [0.25, 0.3) is 0 Å². The molecule has 0 atom stereocenters. The third-order valence-electron chi connectivity index (χ3n) is 3.99. The second-order valence-corrected chi connectivity index (χ2v) is 5.39. The molecule has 5 heteroatoms. The van der Waals surface area contributed by atoms with E-state index in [1.165, 1.54) is 0 Å². The highest BCUT2D eigenvalue weighted by molar-refractivity contribution is 5.48. The number of aliphatic hydroxyl groups is 1. The summed E-state index contributed by atoms with van der Waals surface area (Å²) in [6, 6.07) is 11.7. The van der Waals surface area contributed by atoms with Crippen molar-refractivity contribution in [3.8, 4) is 11.5 Å². The Morgan fingerprint density at radius 1 is 1.09 bits per heavy atom. The van der Waals surface area contributed by atoms with Gasteiger partial charge in [0.05, 0.1) is 32.2 Å². The van der Waals surface area contributed by atoms with Crippen LogP contribution < -0.4 is 9.47 Å². The molecule has 1 aromatic carbocycles. The van der Waals surface area contributed by atoms with Gasteiger partial charge in [0.15, 0.2) is 11.5 Å². The van der Waals surface area contributed by atoms with Gasteiger partial charge < -0.3 is 14.6 Å². The lowest BCUT2D eigenvalue weighted by molar-refractivity contribution is 0.274. The van der Waals surface area contributed by atoms with Crippen molar-refractivity contribution in [1.29, 1.82) is 0 Å². The van der Waals surface area contributed by atoms with Crippen LogP contribution in [0.15, 0.2) is 36.4 Å². The van der Waals surface area contributed by atoms with Gasteiger partial charge in [-0.3, -0.25) is 4.40 Å². The first-order chi connectivity index (χ1) is 11.2. The van der Waals surface area contributed by atoms with Crippen molar-refractivity contribution in [2.75, 3.05) is 14.2 Å². The minimum atomic E-state index is -0.0470. The number of imidazole rings is 1. The first-order valence-corrected chi connectivity index (χ1v) is 7.45. The highest BCUT2D eigenvalue weighted by Gasteiger charge is 2.14. The molecule has 0 unspecified atom stereocenters. The van der Waals surface area contributed by atoms with E-state index in [1.54, 1.807) is 14.2 Å². The standard InChI is InChI=1S/C18H20N2O3/c1-12-5-4-6-18-19-14(15(11-21)20(12)18)9-13-7-8-16(22-2)17(10-13)23-3/h4-8,10,21H,9,11H2,1-3H3. The topological polar surface area (TPSA) is 56.0 Å². The molecule has 0 saturated heterocycles. The van der Waals surface area contributed by atoms with Crippen LogP contribution in [0.25, 0.3) is 5.65 Å². The Morgan fingerprint density at radius 2 is 1.87 bits per heavy atom. The summed E-state index contributed by atoms with van der Waals surface area (Å²) in [5.74, 6) is 1.39. The molecular formula is C18H20N2O3. The van der Waals surface area contributed by atoms with Gasteiger partial charge in [0.2, 0.25) is 0 Å². The summed E-state index contributed by atoms with van der Waals surface area (Å²) in [5, 5.41) is 9.79. The quantitative estimate of drug-likeness (QED) is 0.787. The minimum absolute atomic E-state index is 0.0470. The van der Waals surface area contributed by atoms with E-state index in [2.05, 4.69) is 4.98 Å². The normalized spacial score (nSPS) is 11.0. The van der Waals surface area contributed by atoms with Crippen molar-refractivity contribution in [1.82, 2.24) is 9.38 Å². The number of nitrogens with zero attached hydrogens (tertiary/aromatic N) is 2. The molecular weight excluding hydrogens is 292 g/mol. The summed E-state index contributed by atoms with van der Waals surface area (Å²) in [6.07, 6.45) is 0.622. The van der Waals surface area contributed by atoms with Gasteiger partial charge in [-0.05, 0) is 36.8 Å². The van der Waals surface area contributed by atoms with Gasteiger partial charge in [0.1, 0.15) is 5.65 Å². The molecule has 0 radical (unpaired) electrons. The summed E-state index contributed by atoms with van der Waals surface area (Å²) < 4.78 is 12.6. The maximum Gasteiger partial charge on any atom is 0.160 e. The second-order valence-electron chi connectivity index (χ2n) is 5.39. The van der Waals surface area contributed by atoms with Crippen LogP contribution in [0.5, 0.6) is 11.5 Å². The predicted molar refractivity (Wildman–Crippen MR) is 88.2 cm³/mol. The molecule has 0 aliphatic heterocycles. The molecule has 2 aromatic heterocycles. The average molecular weight is 312 g/mol. The molecule has 2 heterocycles. The monoisotopic (exact) mass is 312 g/mol. The fourth-order valence-electron chi connectivity index (χ4n) is 2.86. The predicted octanol–water partition coefficient (Wildman–Crippen LogP) is 2.74. The Kier molecular flexibility index (Phi) is 4.21. The number of aromatic nitrogens is 2. The molecule has 3 aromatic rings. The highest BCUT2D eigenvalue weighted by Crippen LogP contribution is 2.29. The Morgan fingerprint density at radius 3 is 2.57 bits per heavy atom. The van der Waals surface area contributed by atoms with Gasteiger partial charge in [-0.15, -0.1) is 0 Å². The van der Waals surface area contributed by atoms with Crippen LogP contribution in [-0.2, 0) is 13.0 Å². The molecule has 1 N–H and O–H groups in total. The molecule has 0 spiro atoms. The summed E-state index contributed by atoms with van der Waals surface area (Å²) in [4.78, 5) is 4.67. The van der Waals surface area contributed by atoms with Gasteiger partial charge in [-0.1, -0.05) is 12.1 Å². The zero-order valence-corrected chi connectivity index (χ0v) is 13.5. The van der Waals surface area contributed by atoms with E-state index in [9.17, 15) is 5.11 Å². The van der Waals surface area contributed by atoms with Crippen LogP contribution in [0.1, 0.15) is 22.6 Å². The average Bonchev–Trinajstić information content (AvgIpc) is 2.93. The van der Waals surface area contributed by atoms with E-state index >= 15 is 0 Å². The Hall–Kier alpha value is -2.53. The van der Waals surface area contributed by atoms with Crippen LogP contribution in [-0.4, -0.2) is 28.7 Å². The number of pyridine rings is 1. The number of hydrogen-bond acceptors (Lipinski definition) is 4. The van der Waals surface area contributed by atoms with Crippen molar-refractivity contribution in [3.05, 3.63) is 59.0 Å². The number of benzene rings is 1. The zero-order chi connectivity index (χ0) is 16.4. The summed E-state index contributed by atoms with van der Waals surface area (Å²) >= 11 is 0. The van der Waals surface area contributed by atoms with Crippen molar-refractivity contribution >= 4 is 5.65 Å². The van der Waals surface area contributed by atoms with Crippen LogP contribution in [0, 0.1) is 6.92 Å². The van der Waals surface area contributed by atoms with Crippen molar-refractivity contribution < 1.29 is 14.6 Å². The molecule has 23 heavy (non-hydrogen) atoms. The Bertz CT molecular complexity index is 840. The number of aliphatic hydroxyl groups excluding tert-OH is 1. The van der Waals surface area contributed by atoms with E-state index in [4.69, 9.17) is 9.47 Å². The van der Waals surface area contributed by atoms with E-state index in [0.29, 0.717) is 17.9 Å². The molecule has 3 rings (SSSR count). The third-order valence-corrected chi connectivity index (χ3v) is 3.99. The molecule has 5 nitrogen and oxygen atoms in total. The lowest BCUT2D eigenvalue weighted by Gasteiger charge is -2.09. The van der Waals surface area contributed by atoms with Crippen molar-refractivity contribution in [2.24, 2.45) is 0 Å². The number of methoxy groups -OCH3 is 2. The SMILES string of the molecule is COc1ccc(Cc2nc3cccc(C)n3c2CO)cc1OC. The molecule has 0 amide bonds. The molecule has 0 bridgehead atoms. The van der Waals surface area contributed by atoms with E-state index in [1.807, 2.05) is 47.7 Å². The summed E-state index contributed by atoms with van der Waals surface area (Å²) in [5.41, 5.74) is 4.66. The third kappa shape index (κ3) is 2.75. The summed E-state index contributed by atoms with van der Waals surface area (Å²) in [6.45, 7) is 1.96. The second kappa shape index (κ2) is 6.30. The van der Waals surface area contributed by atoms with E-state index in [-0.39, 0.29) is 6.61 Å². The maximum atomic E-state index is 9.79. The maximum absolute atomic E-state index is 9.79. The largest absolute Gasteiger partial charge is 0.493 e. The number of hydrogen-bond donors (Lipinski definition) is 1. The van der Waals surface area contributed by atoms with Crippen LogP contribution >= 0.6 is 0 Å². The Labute approximate surface area is 135 Å². The van der Waals surface area contributed by atoms with Gasteiger partial charge >= 0.3 is 0 Å². The molecule has 0 aliphatic carbocycles. The first-order valence-electron chi connectivity index (χ1n) is 7.45. The van der Waals surface area contributed by atoms with Crippen LogP contribution in [0.4, 0.5) is 0 Å². The van der Waals surface area contributed by atoms with Gasteiger partial charge in [-0.25, -0.2) is 4.98 Å². The number of aryl methyl sites for hydroxylation is 1. The van der Waals surface area contributed by atoms with Gasteiger partial charge in [0, 0.05) is 12.1 Å². The van der Waals surface area contributed by atoms with E-state index < -0.39 is 0 Å².